The number of aromatic nitrogens is 2. The highest BCUT2D eigenvalue weighted by Crippen LogP contribution is 2.27. The minimum atomic E-state index is -0.474. The zero-order valence-electron chi connectivity index (χ0n) is 8.46. The number of hydrogen-bond donors (Lipinski definition) is 1. The van der Waals surface area contributed by atoms with Gasteiger partial charge in [-0.25, -0.2) is 9.37 Å². The summed E-state index contributed by atoms with van der Waals surface area (Å²) in [5.41, 5.74) is 7.03. The van der Waals surface area contributed by atoms with Crippen LogP contribution in [0.4, 0.5) is 10.3 Å². The molecule has 15 heavy (non-hydrogen) atoms. The van der Waals surface area contributed by atoms with Gasteiger partial charge in [-0.3, -0.25) is 0 Å². The summed E-state index contributed by atoms with van der Waals surface area (Å²) >= 11 is 5.72. The van der Waals surface area contributed by atoms with Crippen LogP contribution < -0.4 is 5.73 Å². The number of nitrogens with two attached hydrogens (primary N) is 1. The molecular weight excluding hydrogens is 217 g/mol. The summed E-state index contributed by atoms with van der Waals surface area (Å²) in [7, 11) is 0. The van der Waals surface area contributed by atoms with Crippen LogP contribution >= 0.6 is 11.6 Å². The summed E-state index contributed by atoms with van der Waals surface area (Å²) in [5.74, 6) is -0.0979. The Morgan fingerprint density at radius 3 is 2.73 bits per heavy atom. The number of halogens is 2. The Kier molecular flexibility index (Phi) is 2.31. The lowest BCUT2D eigenvalue weighted by molar-refractivity contribution is 0.622. The molecule has 2 aromatic rings. The molecule has 0 saturated heterocycles. The van der Waals surface area contributed by atoms with E-state index in [1.807, 2.05) is 18.4 Å². The van der Waals surface area contributed by atoms with Crippen molar-refractivity contribution in [2.75, 3.05) is 5.73 Å². The molecule has 0 radical (unpaired) electrons. The van der Waals surface area contributed by atoms with E-state index in [1.54, 1.807) is 6.07 Å². The predicted octanol–water partition coefficient (Wildman–Crippen LogP) is 2.99. The first-order chi connectivity index (χ1) is 7.00. The van der Waals surface area contributed by atoms with Gasteiger partial charge in [0.05, 0.1) is 16.1 Å². The standard InChI is InChI=1S/C10H11ClFN3/c1-5(2)15-9-3-6(11)7(12)4-8(9)14-10(15)13/h3-5H,1-2H3,(H2,13,14). The van der Waals surface area contributed by atoms with E-state index in [-0.39, 0.29) is 11.1 Å². The van der Waals surface area contributed by atoms with Gasteiger partial charge in [0.25, 0.3) is 0 Å². The van der Waals surface area contributed by atoms with E-state index in [0.717, 1.165) is 5.52 Å². The number of rotatable bonds is 1. The van der Waals surface area contributed by atoms with Crippen molar-refractivity contribution < 1.29 is 4.39 Å². The van der Waals surface area contributed by atoms with Gasteiger partial charge < -0.3 is 10.3 Å². The summed E-state index contributed by atoms with van der Waals surface area (Å²) in [4.78, 5) is 4.08. The first-order valence-corrected chi connectivity index (χ1v) is 5.01. The summed E-state index contributed by atoms with van der Waals surface area (Å²) in [6.45, 7) is 3.96. The normalized spacial score (nSPS) is 11.5. The van der Waals surface area contributed by atoms with E-state index < -0.39 is 5.82 Å². The van der Waals surface area contributed by atoms with Crippen molar-refractivity contribution in [1.29, 1.82) is 0 Å². The number of benzene rings is 1. The van der Waals surface area contributed by atoms with E-state index in [0.29, 0.717) is 11.5 Å². The lowest BCUT2D eigenvalue weighted by atomic mass is 10.3. The molecule has 0 aliphatic heterocycles. The van der Waals surface area contributed by atoms with Crippen molar-refractivity contribution in [1.82, 2.24) is 9.55 Å². The molecule has 1 aromatic carbocycles. The maximum absolute atomic E-state index is 13.2. The third-order valence-electron chi connectivity index (χ3n) is 2.28. The molecule has 3 nitrogen and oxygen atoms in total. The highest BCUT2D eigenvalue weighted by atomic mass is 35.5. The summed E-state index contributed by atoms with van der Waals surface area (Å²) < 4.78 is 15.0. The molecule has 0 unspecified atom stereocenters. The second-order valence-corrected chi connectivity index (χ2v) is 4.10. The first kappa shape index (κ1) is 10.2. The average molecular weight is 228 g/mol. The molecule has 1 heterocycles. The monoisotopic (exact) mass is 227 g/mol. The van der Waals surface area contributed by atoms with Crippen molar-refractivity contribution in [2.45, 2.75) is 19.9 Å². The number of imidazole rings is 1. The molecule has 2 rings (SSSR count). The zero-order chi connectivity index (χ0) is 11.2. The minimum Gasteiger partial charge on any atom is -0.369 e. The van der Waals surface area contributed by atoms with Crippen LogP contribution in [-0.4, -0.2) is 9.55 Å². The Balaban J connectivity index is 2.81. The summed E-state index contributed by atoms with van der Waals surface area (Å²) in [6.07, 6.45) is 0. The van der Waals surface area contributed by atoms with E-state index in [1.165, 1.54) is 6.07 Å². The lowest BCUT2D eigenvalue weighted by Gasteiger charge is -2.10. The third-order valence-corrected chi connectivity index (χ3v) is 2.56. The fourth-order valence-electron chi connectivity index (χ4n) is 1.65. The second kappa shape index (κ2) is 3.38. The van der Waals surface area contributed by atoms with Gasteiger partial charge >= 0.3 is 0 Å². The Bertz CT molecular complexity index is 519. The third kappa shape index (κ3) is 1.55. The average Bonchev–Trinajstić information content (AvgIpc) is 2.41. The maximum Gasteiger partial charge on any atom is 0.201 e. The molecule has 0 fully saturated rings. The van der Waals surface area contributed by atoms with Crippen LogP contribution in [0.25, 0.3) is 11.0 Å². The van der Waals surface area contributed by atoms with Crippen LogP contribution in [-0.2, 0) is 0 Å². The summed E-state index contributed by atoms with van der Waals surface area (Å²) in [5, 5.41) is 0.0873. The van der Waals surface area contributed by atoms with Gasteiger partial charge in [0, 0.05) is 12.1 Å². The highest BCUT2D eigenvalue weighted by Gasteiger charge is 2.13. The molecule has 0 aliphatic carbocycles. The molecule has 0 spiro atoms. The van der Waals surface area contributed by atoms with Crippen LogP contribution in [0, 0.1) is 5.82 Å². The smallest absolute Gasteiger partial charge is 0.201 e. The van der Waals surface area contributed by atoms with Crippen molar-refractivity contribution in [3.8, 4) is 0 Å². The van der Waals surface area contributed by atoms with E-state index >= 15 is 0 Å². The molecule has 0 bridgehead atoms. The number of fused-ring (bicyclic) bond motifs is 1. The zero-order valence-corrected chi connectivity index (χ0v) is 9.22. The molecule has 5 heteroatoms. The molecule has 80 valence electrons. The topological polar surface area (TPSA) is 43.8 Å². The van der Waals surface area contributed by atoms with Crippen molar-refractivity contribution in [2.24, 2.45) is 0 Å². The minimum absolute atomic E-state index is 0.0873. The Morgan fingerprint density at radius 1 is 1.47 bits per heavy atom. The lowest BCUT2D eigenvalue weighted by Crippen LogP contribution is -2.05. The van der Waals surface area contributed by atoms with Crippen LogP contribution in [0.3, 0.4) is 0 Å². The van der Waals surface area contributed by atoms with E-state index in [2.05, 4.69) is 4.98 Å². The van der Waals surface area contributed by atoms with Crippen LogP contribution in [0.15, 0.2) is 12.1 Å². The van der Waals surface area contributed by atoms with Gasteiger partial charge in [-0.15, -0.1) is 0 Å². The maximum atomic E-state index is 13.2. The van der Waals surface area contributed by atoms with Gasteiger partial charge in [0.15, 0.2) is 0 Å². The largest absolute Gasteiger partial charge is 0.369 e. The fraction of sp³-hybridized carbons (Fsp3) is 0.300. The molecule has 0 amide bonds. The Morgan fingerprint density at radius 2 is 2.13 bits per heavy atom. The van der Waals surface area contributed by atoms with Gasteiger partial charge in [-0.1, -0.05) is 11.6 Å². The van der Waals surface area contributed by atoms with Gasteiger partial charge in [0.2, 0.25) is 5.95 Å². The highest BCUT2D eigenvalue weighted by molar-refractivity contribution is 6.31. The quantitative estimate of drug-likeness (QED) is 0.814. The van der Waals surface area contributed by atoms with E-state index in [4.69, 9.17) is 17.3 Å². The number of anilines is 1. The molecule has 0 atom stereocenters. The summed E-state index contributed by atoms with van der Waals surface area (Å²) in [6, 6.07) is 3.01. The Hall–Kier alpha value is -1.29. The van der Waals surface area contributed by atoms with Gasteiger partial charge in [-0.2, -0.15) is 0 Å². The first-order valence-electron chi connectivity index (χ1n) is 4.63. The SMILES string of the molecule is CC(C)n1c(N)nc2cc(F)c(Cl)cc21. The van der Waals surface area contributed by atoms with Gasteiger partial charge in [0.1, 0.15) is 5.82 Å². The molecule has 1 aromatic heterocycles. The van der Waals surface area contributed by atoms with E-state index in [9.17, 15) is 4.39 Å². The Labute approximate surface area is 91.7 Å². The van der Waals surface area contributed by atoms with Crippen molar-refractivity contribution in [3.05, 3.63) is 23.0 Å². The molecule has 0 saturated carbocycles. The second-order valence-electron chi connectivity index (χ2n) is 3.69. The van der Waals surface area contributed by atoms with Crippen molar-refractivity contribution >= 4 is 28.6 Å². The molecular formula is C10H11ClFN3. The molecule has 2 N–H and O–H groups in total. The van der Waals surface area contributed by atoms with Crippen LogP contribution in [0.5, 0.6) is 0 Å². The van der Waals surface area contributed by atoms with Crippen LogP contribution in [0.1, 0.15) is 19.9 Å². The predicted molar refractivity (Wildman–Crippen MR) is 59.5 cm³/mol. The fourth-order valence-corrected chi connectivity index (χ4v) is 1.81. The van der Waals surface area contributed by atoms with Gasteiger partial charge in [-0.05, 0) is 19.9 Å². The van der Waals surface area contributed by atoms with Crippen molar-refractivity contribution in [3.63, 3.8) is 0 Å². The van der Waals surface area contributed by atoms with Crippen LogP contribution in [0.2, 0.25) is 5.02 Å². The molecule has 0 aliphatic rings. The number of nitrogen functional groups attached to an aromatic ring is 1. The number of hydrogen-bond acceptors (Lipinski definition) is 2. The number of nitrogens with zero attached hydrogens (tertiary/aromatic N) is 2.